The van der Waals surface area contributed by atoms with Gasteiger partial charge in [-0.05, 0) is 75.1 Å². The molecule has 4 rings (SSSR count). The van der Waals surface area contributed by atoms with Crippen molar-refractivity contribution in [3.05, 3.63) is 52.5 Å². The zero-order valence-electron chi connectivity index (χ0n) is 17.7. The highest BCUT2D eigenvalue weighted by Gasteiger charge is 2.18. The largest absolute Gasteiger partial charge is 0.490 e. The predicted molar refractivity (Wildman–Crippen MR) is 130 cm³/mol. The Morgan fingerprint density at radius 3 is 2.47 bits per heavy atom. The maximum absolute atomic E-state index is 12.4. The van der Waals surface area contributed by atoms with Crippen LogP contribution in [0.2, 0.25) is 10.0 Å². The van der Waals surface area contributed by atoms with E-state index in [9.17, 15) is 4.79 Å². The summed E-state index contributed by atoms with van der Waals surface area (Å²) in [4.78, 5) is 12.4. The van der Waals surface area contributed by atoms with Crippen molar-refractivity contribution < 1.29 is 9.53 Å². The van der Waals surface area contributed by atoms with E-state index >= 15 is 0 Å². The van der Waals surface area contributed by atoms with Gasteiger partial charge < -0.3 is 14.6 Å². The molecule has 0 bridgehead atoms. The van der Waals surface area contributed by atoms with Crippen molar-refractivity contribution in [1.82, 2.24) is 14.8 Å². The van der Waals surface area contributed by atoms with Crippen LogP contribution in [0.3, 0.4) is 0 Å². The molecule has 0 atom stereocenters. The van der Waals surface area contributed by atoms with Crippen LogP contribution >= 0.6 is 35.0 Å². The van der Waals surface area contributed by atoms with Gasteiger partial charge in [0.25, 0.3) is 0 Å². The lowest BCUT2D eigenvalue weighted by molar-refractivity contribution is -0.113. The second kappa shape index (κ2) is 10.6. The van der Waals surface area contributed by atoms with Crippen LogP contribution in [0.4, 0.5) is 5.69 Å². The minimum atomic E-state index is -0.172. The molecule has 1 N–H and O–H groups in total. The van der Waals surface area contributed by atoms with Crippen molar-refractivity contribution >= 4 is 46.6 Å². The third-order valence-electron chi connectivity index (χ3n) is 5.23. The summed E-state index contributed by atoms with van der Waals surface area (Å²) in [5.74, 6) is 1.67. The lowest BCUT2D eigenvalue weighted by Gasteiger charge is -2.13. The molecule has 1 aliphatic rings. The van der Waals surface area contributed by atoms with Crippen LogP contribution in [0, 0.1) is 0 Å². The minimum absolute atomic E-state index is 0.172. The molecule has 6 nitrogen and oxygen atoms in total. The Kier molecular flexibility index (Phi) is 7.60. The molecule has 1 aliphatic carbocycles. The number of nitrogens with one attached hydrogen (secondary N) is 1. The number of thioether (sulfide) groups is 1. The quantitative estimate of drug-likeness (QED) is 0.373. The van der Waals surface area contributed by atoms with Gasteiger partial charge in [0.2, 0.25) is 5.91 Å². The number of amides is 1. The number of carbonyl (C=O) groups is 1. The number of hydrogen-bond donors (Lipinski definition) is 1. The highest BCUT2D eigenvalue weighted by molar-refractivity contribution is 7.99. The molecule has 0 unspecified atom stereocenters. The molecular weight excluding hydrogens is 467 g/mol. The van der Waals surface area contributed by atoms with E-state index in [2.05, 4.69) is 15.5 Å². The van der Waals surface area contributed by atoms with Gasteiger partial charge in [0.1, 0.15) is 5.75 Å². The molecule has 0 radical (unpaired) electrons. The van der Waals surface area contributed by atoms with Crippen molar-refractivity contribution in [3.63, 3.8) is 0 Å². The third-order valence-corrected chi connectivity index (χ3v) is 6.63. The number of hydrogen-bond acceptors (Lipinski definition) is 5. The molecule has 1 aromatic heterocycles. The summed E-state index contributed by atoms with van der Waals surface area (Å²) < 4.78 is 8.05. The summed E-state index contributed by atoms with van der Waals surface area (Å²) in [6, 6.07) is 12.9. The van der Waals surface area contributed by atoms with Crippen LogP contribution in [0.5, 0.6) is 5.75 Å². The van der Waals surface area contributed by atoms with Gasteiger partial charge in [0.15, 0.2) is 11.0 Å². The number of carbonyl (C=O) groups excluding carboxylic acids is 1. The summed E-state index contributed by atoms with van der Waals surface area (Å²) in [6.07, 6.45) is 5.08. The van der Waals surface area contributed by atoms with Gasteiger partial charge in [-0.3, -0.25) is 4.79 Å². The molecule has 1 amide bonds. The number of ether oxygens (including phenoxy) is 1. The van der Waals surface area contributed by atoms with Crippen molar-refractivity contribution in [2.45, 2.75) is 50.4 Å². The highest BCUT2D eigenvalue weighted by Crippen LogP contribution is 2.28. The molecule has 3 aromatic rings. The Bertz CT molecular complexity index is 1060. The first-order chi connectivity index (χ1) is 15.5. The summed E-state index contributed by atoms with van der Waals surface area (Å²) in [5, 5.41) is 13.1. The smallest absolute Gasteiger partial charge is 0.234 e. The standard InChI is InChI=1S/C23H24Cl2N4O2S/c1-2-29-22(15-7-9-20(10-8-15)31-19-5-3-4-6-19)27-28-23(29)32-14-21(30)26-18-12-16(24)11-17(25)13-18/h7-13,19H,2-6,14H2,1H3,(H,26,30). The second-order valence-electron chi connectivity index (χ2n) is 7.59. The van der Waals surface area contributed by atoms with Crippen molar-refractivity contribution in [2.75, 3.05) is 11.1 Å². The molecule has 1 fully saturated rings. The average Bonchev–Trinajstić information content (AvgIpc) is 3.41. The summed E-state index contributed by atoms with van der Waals surface area (Å²) in [6.45, 7) is 2.72. The van der Waals surface area contributed by atoms with Gasteiger partial charge >= 0.3 is 0 Å². The monoisotopic (exact) mass is 490 g/mol. The molecule has 1 heterocycles. The Morgan fingerprint density at radius 2 is 1.81 bits per heavy atom. The van der Waals surface area contributed by atoms with Gasteiger partial charge in [0.05, 0.1) is 11.9 Å². The SMILES string of the molecule is CCn1c(SCC(=O)Nc2cc(Cl)cc(Cl)c2)nnc1-c1ccc(OC2CCCC2)cc1. The predicted octanol–water partition coefficient (Wildman–Crippen LogP) is 6.32. The van der Waals surface area contributed by atoms with E-state index in [0.29, 0.717) is 33.5 Å². The maximum Gasteiger partial charge on any atom is 0.234 e. The fraction of sp³-hybridized carbons (Fsp3) is 0.348. The summed E-state index contributed by atoms with van der Waals surface area (Å²) in [7, 11) is 0. The number of rotatable bonds is 8. The van der Waals surface area contributed by atoms with Gasteiger partial charge in [-0.1, -0.05) is 35.0 Å². The Labute approximate surface area is 201 Å². The van der Waals surface area contributed by atoms with Crippen molar-refractivity contribution in [2.24, 2.45) is 0 Å². The fourth-order valence-electron chi connectivity index (χ4n) is 3.73. The van der Waals surface area contributed by atoms with Gasteiger partial charge in [-0.15, -0.1) is 10.2 Å². The highest BCUT2D eigenvalue weighted by atomic mass is 35.5. The number of anilines is 1. The molecule has 168 valence electrons. The number of halogens is 2. The Hall–Kier alpha value is -2.22. The lowest BCUT2D eigenvalue weighted by atomic mass is 10.2. The molecule has 2 aromatic carbocycles. The van der Waals surface area contributed by atoms with Crippen LogP contribution < -0.4 is 10.1 Å². The molecule has 0 aliphatic heterocycles. The topological polar surface area (TPSA) is 69.0 Å². The van der Waals surface area contributed by atoms with Gasteiger partial charge in [-0.25, -0.2) is 0 Å². The minimum Gasteiger partial charge on any atom is -0.490 e. The van der Waals surface area contributed by atoms with Gasteiger partial charge in [0, 0.05) is 27.8 Å². The third kappa shape index (κ3) is 5.77. The maximum atomic E-state index is 12.4. The molecule has 0 spiro atoms. The Balaban J connectivity index is 1.39. The van der Waals surface area contributed by atoms with E-state index in [-0.39, 0.29) is 11.7 Å². The summed E-state index contributed by atoms with van der Waals surface area (Å²) >= 11 is 13.3. The van der Waals surface area contributed by atoms with Crippen LogP contribution in [0.25, 0.3) is 11.4 Å². The molecule has 1 saturated carbocycles. The summed E-state index contributed by atoms with van der Waals surface area (Å²) in [5.41, 5.74) is 1.52. The van der Waals surface area contributed by atoms with E-state index in [1.807, 2.05) is 35.8 Å². The second-order valence-corrected chi connectivity index (χ2v) is 9.41. The Morgan fingerprint density at radius 1 is 1.12 bits per heavy atom. The first kappa shape index (κ1) is 23.0. The molecule has 32 heavy (non-hydrogen) atoms. The molecule has 0 saturated heterocycles. The van der Waals surface area contributed by atoms with Crippen LogP contribution in [-0.4, -0.2) is 32.5 Å². The zero-order chi connectivity index (χ0) is 22.5. The van der Waals surface area contributed by atoms with E-state index in [1.54, 1.807) is 18.2 Å². The van der Waals surface area contributed by atoms with E-state index in [4.69, 9.17) is 27.9 Å². The molecule has 9 heteroatoms. The molecular formula is C23H24Cl2N4O2S. The van der Waals surface area contributed by atoms with Crippen LogP contribution in [-0.2, 0) is 11.3 Å². The van der Waals surface area contributed by atoms with E-state index < -0.39 is 0 Å². The van der Waals surface area contributed by atoms with Crippen LogP contribution in [0.1, 0.15) is 32.6 Å². The van der Waals surface area contributed by atoms with E-state index in [1.165, 1.54) is 24.6 Å². The fourth-order valence-corrected chi connectivity index (χ4v) is 5.06. The van der Waals surface area contributed by atoms with Gasteiger partial charge in [-0.2, -0.15) is 0 Å². The lowest BCUT2D eigenvalue weighted by Crippen LogP contribution is -2.14. The zero-order valence-corrected chi connectivity index (χ0v) is 20.0. The first-order valence-electron chi connectivity index (χ1n) is 10.6. The number of benzene rings is 2. The first-order valence-corrected chi connectivity index (χ1v) is 12.3. The van der Waals surface area contributed by atoms with Crippen LogP contribution in [0.15, 0.2) is 47.6 Å². The normalized spacial score (nSPS) is 14.0. The van der Waals surface area contributed by atoms with Crippen molar-refractivity contribution in [1.29, 1.82) is 0 Å². The van der Waals surface area contributed by atoms with E-state index in [0.717, 1.165) is 30.0 Å². The average molecular weight is 491 g/mol. The number of nitrogens with zero attached hydrogens (tertiary/aromatic N) is 3. The van der Waals surface area contributed by atoms with Crippen molar-refractivity contribution in [3.8, 4) is 17.1 Å². The number of aromatic nitrogens is 3.